The fourth-order valence-electron chi connectivity index (χ4n) is 2.90. The van der Waals surface area contributed by atoms with E-state index >= 15 is 0 Å². The summed E-state index contributed by atoms with van der Waals surface area (Å²) in [6.45, 7) is 0.256. The van der Waals surface area contributed by atoms with Gasteiger partial charge in [-0.15, -0.1) is 0 Å². The number of carbonyl (C=O) groups excluding carboxylic acids is 1. The van der Waals surface area contributed by atoms with Gasteiger partial charge in [0.1, 0.15) is 29.6 Å². The molecule has 4 rings (SSSR count). The maximum absolute atomic E-state index is 13.4. The number of nitrogens with zero attached hydrogens (tertiary/aromatic N) is 3. The first-order valence-electron chi connectivity index (χ1n) is 8.32. The lowest BCUT2D eigenvalue weighted by Crippen LogP contribution is -2.28. The van der Waals surface area contributed by atoms with Gasteiger partial charge >= 0.3 is 6.18 Å². The summed E-state index contributed by atoms with van der Waals surface area (Å²) in [5, 5.41) is 12.4. The van der Waals surface area contributed by atoms with Crippen molar-refractivity contribution in [3.8, 4) is 5.75 Å². The summed E-state index contributed by atoms with van der Waals surface area (Å²) < 4.78 is 47.1. The van der Waals surface area contributed by atoms with Crippen molar-refractivity contribution < 1.29 is 22.7 Å². The Kier molecular flexibility index (Phi) is 4.21. The Morgan fingerprint density at radius 3 is 2.86 bits per heavy atom. The molecule has 2 aromatic heterocycles. The molecule has 3 aromatic rings. The highest BCUT2D eigenvalue weighted by Crippen LogP contribution is 2.38. The van der Waals surface area contributed by atoms with E-state index in [0.717, 1.165) is 6.07 Å². The van der Waals surface area contributed by atoms with E-state index in [4.69, 9.17) is 4.74 Å². The quantitative estimate of drug-likeness (QED) is 0.590. The van der Waals surface area contributed by atoms with Gasteiger partial charge in [-0.25, -0.2) is 4.98 Å². The Morgan fingerprint density at radius 2 is 2.11 bits per heavy atom. The van der Waals surface area contributed by atoms with Crippen LogP contribution >= 0.6 is 0 Å². The standard InChI is InChI=1S/C17H15F3N6O2/c1-21-14-7-13-24-12-6-9(2-3-11(12)17(18,19)20)28-5-4-22-16(27)10-8-23-26(14)15(10)25-13/h2-3,6-8,21H,4-5H2,1H3,(H,22,27)(H,24,25). The number of fused-ring (bicyclic) bond motifs is 3. The number of alkyl halides is 3. The van der Waals surface area contributed by atoms with Crippen LogP contribution in [0.4, 0.5) is 30.5 Å². The van der Waals surface area contributed by atoms with Crippen molar-refractivity contribution in [2.45, 2.75) is 6.18 Å². The normalized spacial score (nSPS) is 14.4. The second-order valence-electron chi connectivity index (χ2n) is 6.00. The molecular formula is C17H15F3N6O2. The monoisotopic (exact) mass is 392 g/mol. The summed E-state index contributed by atoms with van der Waals surface area (Å²) in [7, 11) is 1.63. The zero-order valence-corrected chi connectivity index (χ0v) is 14.6. The molecule has 8 nitrogen and oxygen atoms in total. The lowest BCUT2D eigenvalue weighted by atomic mass is 10.1. The predicted molar refractivity (Wildman–Crippen MR) is 95.1 cm³/mol. The molecule has 1 amide bonds. The molecule has 146 valence electrons. The topological polar surface area (TPSA) is 92.6 Å². The lowest BCUT2D eigenvalue weighted by molar-refractivity contribution is -0.136. The lowest BCUT2D eigenvalue weighted by Gasteiger charge is -2.16. The molecule has 0 atom stereocenters. The second-order valence-corrected chi connectivity index (χ2v) is 6.00. The van der Waals surface area contributed by atoms with Crippen LogP contribution in [0.1, 0.15) is 15.9 Å². The number of rotatable bonds is 1. The van der Waals surface area contributed by atoms with Crippen molar-refractivity contribution in [1.82, 2.24) is 19.9 Å². The predicted octanol–water partition coefficient (Wildman–Crippen LogP) is 2.66. The summed E-state index contributed by atoms with van der Waals surface area (Å²) >= 11 is 0. The zero-order chi connectivity index (χ0) is 19.9. The van der Waals surface area contributed by atoms with E-state index in [0.29, 0.717) is 5.82 Å². The van der Waals surface area contributed by atoms with E-state index in [1.807, 2.05) is 0 Å². The molecule has 0 aliphatic carbocycles. The van der Waals surface area contributed by atoms with Gasteiger partial charge < -0.3 is 20.7 Å². The largest absolute Gasteiger partial charge is 0.492 e. The first kappa shape index (κ1) is 17.9. The minimum atomic E-state index is -4.57. The maximum atomic E-state index is 13.4. The van der Waals surface area contributed by atoms with Crippen LogP contribution in [0.15, 0.2) is 30.5 Å². The molecule has 11 heteroatoms. The Morgan fingerprint density at radius 1 is 1.29 bits per heavy atom. The molecule has 1 aliphatic rings. The number of aromatic nitrogens is 3. The Bertz CT molecular complexity index is 1060. The van der Waals surface area contributed by atoms with Crippen LogP contribution in [0, 0.1) is 0 Å². The van der Waals surface area contributed by atoms with Crippen LogP contribution in [0.25, 0.3) is 5.65 Å². The first-order chi connectivity index (χ1) is 13.4. The highest BCUT2D eigenvalue weighted by Gasteiger charge is 2.34. The SMILES string of the molecule is CNc1cc2nc3c(cnn13)C(=O)NCCOc1ccc(C(F)(F)F)c(c1)N2. The fourth-order valence-corrected chi connectivity index (χ4v) is 2.90. The van der Waals surface area contributed by atoms with E-state index in [-0.39, 0.29) is 41.6 Å². The molecule has 0 spiro atoms. The number of hydrogen-bond donors (Lipinski definition) is 3. The number of ether oxygens (including phenoxy) is 1. The molecule has 0 radical (unpaired) electrons. The molecule has 1 aliphatic heterocycles. The summed E-state index contributed by atoms with van der Waals surface area (Å²) in [6, 6.07) is 4.93. The molecule has 4 bridgehead atoms. The summed E-state index contributed by atoms with van der Waals surface area (Å²) in [6.07, 6.45) is -3.21. The summed E-state index contributed by atoms with van der Waals surface area (Å²) in [5.41, 5.74) is -0.660. The third-order valence-corrected chi connectivity index (χ3v) is 4.19. The number of anilines is 3. The van der Waals surface area contributed by atoms with Crippen LogP contribution in [0.3, 0.4) is 0 Å². The van der Waals surface area contributed by atoms with Gasteiger partial charge in [0.2, 0.25) is 0 Å². The van der Waals surface area contributed by atoms with Crippen molar-refractivity contribution in [3.63, 3.8) is 0 Å². The van der Waals surface area contributed by atoms with Crippen molar-refractivity contribution >= 4 is 28.9 Å². The number of nitrogens with one attached hydrogen (secondary N) is 3. The average molecular weight is 392 g/mol. The van der Waals surface area contributed by atoms with Gasteiger partial charge in [0.25, 0.3) is 5.91 Å². The third kappa shape index (κ3) is 3.15. The minimum Gasteiger partial charge on any atom is -0.492 e. The molecule has 0 fully saturated rings. The zero-order valence-electron chi connectivity index (χ0n) is 14.6. The van der Waals surface area contributed by atoms with E-state index < -0.39 is 17.6 Å². The van der Waals surface area contributed by atoms with Gasteiger partial charge in [-0.05, 0) is 12.1 Å². The maximum Gasteiger partial charge on any atom is 0.418 e. The van der Waals surface area contributed by atoms with Crippen LogP contribution < -0.4 is 20.7 Å². The van der Waals surface area contributed by atoms with Crippen LogP contribution in [-0.4, -0.2) is 40.7 Å². The average Bonchev–Trinajstić information content (AvgIpc) is 3.07. The van der Waals surface area contributed by atoms with Crippen LogP contribution in [-0.2, 0) is 6.18 Å². The minimum absolute atomic E-state index is 0.0910. The van der Waals surface area contributed by atoms with Crippen molar-refractivity contribution in [2.75, 3.05) is 30.8 Å². The van der Waals surface area contributed by atoms with Gasteiger partial charge in [0.05, 0.1) is 24.0 Å². The van der Waals surface area contributed by atoms with E-state index in [1.165, 1.54) is 28.9 Å². The smallest absolute Gasteiger partial charge is 0.418 e. The molecule has 0 saturated heterocycles. The Hall–Kier alpha value is -3.50. The summed E-state index contributed by atoms with van der Waals surface area (Å²) in [5.74, 6) is 0.393. The molecule has 1 aromatic carbocycles. The van der Waals surface area contributed by atoms with E-state index in [2.05, 4.69) is 26.0 Å². The number of halogens is 3. The van der Waals surface area contributed by atoms with E-state index in [1.54, 1.807) is 7.05 Å². The number of hydrogen-bond acceptors (Lipinski definition) is 6. The Balaban J connectivity index is 1.91. The highest BCUT2D eigenvalue weighted by molar-refractivity contribution is 6.00. The fraction of sp³-hybridized carbons (Fsp3) is 0.235. The second kappa shape index (κ2) is 6.59. The molecule has 3 heterocycles. The van der Waals surface area contributed by atoms with Crippen molar-refractivity contribution in [3.05, 3.63) is 41.6 Å². The molecule has 28 heavy (non-hydrogen) atoms. The number of carbonyl (C=O) groups is 1. The van der Waals surface area contributed by atoms with E-state index in [9.17, 15) is 18.0 Å². The Labute approximate surface area is 156 Å². The molecular weight excluding hydrogens is 377 g/mol. The molecule has 3 N–H and O–H groups in total. The number of benzene rings is 1. The number of amides is 1. The van der Waals surface area contributed by atoms with Crippen molar-refractivity contribution in [2.24, 2.45) is 0 Å². The molecule has 0 unspecified atom stereocenters. The first-order valence-corrected chi connectivity index (χ1v) is 8.32. The third-order valence-electron chi connectivity index (χ3n) is 4.19. The van der Waals surface area contributed by atoms with Crippen LogP contribution in [0.2, 0.25) is 0 Å². The van der Waals surface area contributed by atoms with Crippen LogP contribution in [0.5, 0.6) is 5.75 Å². The van der Waals surface area contributed by atoms with Gasteiger partial charge in [-0.1, -0.05) is 0 Å². The van der Waals surface area contributed by atoms with Gasteiger partial charge in [0.15, 0.2) is 5.65 Å². The highest BCUT2D eigenvalue weighted by atomic mass is 19.4. The summed E-state index contributed by atoms with van der Waals surface area (Å²) in [4.78, 5) is 16.7. The van der Waals surface area contributed by atoms with Gasteiger partial charge in [0, 0.05) is 19.2 Å². The van der Waals surface area contributed by atoms with Gasteiger partial charge in [-0.3, -0.25) is 4.79 Å². The molecule has 0 saturated carbocycles. The van der Waals surface area contributed by atoms with Gasteiger partial charge in [-0.2, -0.15) is 22.8 Å². The van der Waals surface area contributed by atoms with Crippen molar-refractivity contribution in [1.29, 1.82) is 0 Å².